The highest BCUT2D eigenvalue weighted by molar-refractivity contribution is 5.77. The molecule has 0 aromatic heterocycles. The lowest BCUT2D eigenvalue weighted by Crippen LogP contribution is -2.61. The van der Waals surface area contributed by atoms with Crippen LogP contribution in [-0.4, -0.2) is 36.4 Å². The van der Waals surface area contributed by atoms with Crippen LogP contribution in [0.25, 0.3) is 0 Å². The topological polar surface area (TPSA) is 72.8 Å². The molecule has 0 radical (unpaired) electrons. The molecular weight excluding hydrogens is 356 g/mol. The lowest BCUT2D eigenvalue weighted by atomic mass is 9.40. The van der Waals surface area contributed by atoms with E-state index < -0.39 is 11.5 Å². The summed E-state index contributed by atoms with van der Waals surface area (Å²) in [6.07, 6.45) is 5.51. The quantitative estimate of drug-likeness (QED) is 0.576. The zero-order valence-corrected chi connectivity index (χ0v) is 17.6. The first-order valence-electron chi connectivity index (χ1n) is 10.7. The molecular formula is C23H34O5. The van der Waals surface area contributed by atoms with Crippen molar-refractivity contribution in [2.75, 3.05) is 7.11 Å². The van der Waals surface area contributed by atoms with Gasteiger partial charge >= 0.3 is 11.9 Å². The molecule has 1 spiro atoms. The van der Waals surface area contributed by atoms with Crippen molar-refractivity contribution >= 4 is 11.9 Å². The number of carbonyl (C=O) groups is 2. The number of hydrogen-bond acceptors (Lipinski definition) is 5. The molecule has 0 aromatic rings. The summed E-state index contributed by atoms with van der Waals surface area (Å²) >= 11 is 0. The number of hydrogen-bond donors (Lipinski definition) is 1. The van der Waals surface area contributed by atoms with Crippen molar-refractivity contribution in [3.63, 3.8) is 0 Å². The van der Waals surface area contributed by atoms with Gasteiger partial charge in [-0.05, 0) is 68.3 Å². The Morgan fingerprint density at radius 2 is 1.89 bits per heavy atom. The van der Waals surface area contributed by atoms with Gasteiger partial charge in [0.05, 0.1) is 18.6 Å². The molecule has 4 fully saturated rings. The van der Waals surface area contributed by atoms with E-state index >= 15 is 0 Å². The van der Waals surface area contributed by atoms with E-state index in [4.69, 9.17) is 9.47 Å². The van der Waals surface area contributed by atoms with Gasteiger partial charge in [-0.25, -0.2) is 0 Å². The molecule has 2 bridgehead atoms. The fraction of sp³-hybridized carbons (Fsp3) is 0.826. The Bertz CT molecular complexity index is 716. The third kappa shape index (κ3) is 2.41. The monoisotopic (exact) mass is 390 g/mol. The second-order valence-corrected chi connectivity index (χ2v) is 10.3. The van der Waals surface area contributed by atoms with E-state index in [9.17, 15) is 14.7 Å². The van der Waals surface area contributed by atoms with Crippen molar-refractivity contribution < 1.29 is 24.2 Å². The van der Waals surface area contributed by atoms with E-state index in [1.165, 1.54) is 14.0 Å². The first-order valence-corrected chi connectivity index (χ1v) is 10.7. The molecule has 0 unspecified atom stereocenters. The van der Waals surface area contributed by atoms with Gasteiger partial charge in [-0.3, -0.25) is 9.59 Å². The fourth-order valence-electron chi connectivity index (χ4n) is 8.11. The summed E-state index contributed by atoms with van der Waals surface area (Å²) in [6.45, 7) is 10.0. The number of aliphatic hydroxyl groups is 1. The van der Waals surface area contributed by atoms with Gasteiger partial charge in [-0.15, -0.1) is 0 Å². The number of aliphatic hydroxyl groups excluding tert-OH is 1. The summed E-state index contributed by atoms with van der Waals surface area (Å²) < 4.78 is 11.0. The number of esters is 2. The first-order chi connectivity index (χ1) is 13.1. The van der Waals surface area contributed by atoms with Gasteiger partial charge in [-0.1, -0.05) is 19.9 Å². The van der Waals surface area contributed by atoms with Gasteiger partial charge in [-0.2, -0.15) is 0 Å². The van der Waals surface area contributed by atoms with Gasteiger partial charge in [0, 0.05) is 18.3 Å². The predicted octanol–water partition coefficient (Wildman–Crippen LogP) is 3.64. The Hall–Kier alpha value is -1.36. The summed E-state index contributed by atoms with van der Waals surface area (Å²) in [7, 11) is 1.48. The van der Waals surface area contributed by atoms with Crippen molar-refractivity contribution in [1.29, 1.82) is 0 Å². The zero-order chi connectivity index (χ0) is 20.5. The van der Waals surface area contributed by atoms with Crippen LogP contribution in [0, 0.1) is 34.0 Å². The van der Waals surface area contributed by atoms with Crippen LogP contribution in [0.5, 0.6) is 0 Å². The van der Waals surface area contributed by atoms with E-state index in [2.05, 4.69) is 20.4 Å². The number of fused-ring (bicyclic) bond motifs is 3. The minimum absolute atomic E-state index is 0.0471. The summed E-state index contributed by atoms with van der Waals surface area (Å²) in [5.41, 5.74) is 0.0618. The molecule has 5 heteroatoms. The van der Waals surface area contributed by atoms with Gasteiger partial charge in [0.15, 0.2) is 0 Å². The van der Waals surface area contributed by atoms with Crippen molar-refractivity contribution in [3.05, 3.63) is 12.2 Å². The van der Waals surface area contributed by atoms with E-state index in [0.29, 0.717) is 0 Å². The molecule has 5 nitrogen and oxygen atoms in total. The van der Waals surface area contributed by atoms with E-state index in [0.717, 1.165) is 50.5 Å². The molecule has 0 aromatic carbocycles. The first kappa shape index (κ1) is 19.9. The van der Waals surface area contributed by atoms with Crippen LogP contribution in [0.15, 0.2) is 12.2 Å². The molecule has 156 valence electrons. The molecule has 1 N–H and O–H groups in total. The summed E-state index contributed by atoms with van der Waals surface area (Å²) in [6, 6.07) is 0. The Kier molecular flexibility index (Phi) is 4.50. The Morgan fingerprint density at radius 3 is 2.54 bits per heavy atom. The van der Waals surface area contributed by atoms with E-state index in [1.54, 1.807) is 0 Å². The third-order valence-corrected chi connectivity index (χ3v) is 9.22. The van der Waals surface area contributed by atoms with Gasteiger partial charge in [0.1, 0.15) is 6.10 Å². The number of rotatable bonds is 2. The van der Waals surface area contributed by atoms with Crippen molar-refractivity contribution in [1.82, 2.24) is 0 Å². The summed E-state index contributed by atoms with van der Waals surface area (Å²) in [5, 5.41) is 11.3. The highest BCUT2D eigenvalue weighted by atomic mass is 16.5. The molecule has 28 heavy (non-hydrogen) atoms. The number of ether oxygens (including phenoxy) is 2. The molecule has 8 atom stereocenters. The van der Waals surface area contributed by atoms with Crippen LogP contribution in [0.2, 0.25) is 0 Å². The maximum Gasteiger partial charge on any atom is 0.311 e. The standard InChI is InChI=1S/C23H34O5/c1-13-15-12-23(19(13)25)10-7-17-21(3,18(23)11-16(15)28-14(2)24)8-6-9-22(17,4)20(26)27-5/h15-19,25H,1,6-12H2,2-5H3/t15-,16+,17+,18+,19+,21-,22-,23-/m1/s1. The number of methoxy groups -OCH3 is 1. The van der Waals surface area contributed by atoms with E-state index in [-0.39, 0.29) is 46.6 Å². The van der Waals surface area contributed by atoms with Crippen LogP contribution in [-0.2, 0) is 19.1 Å². The Labute approximate surface area is 167 Å². The third-order valence-electron chi connectivity index (χ3n) is 9.22. The normalized spacial score (nSPS) is 49.8. The van der Waals surface area contributed by atoms with E-state index in [1.807, 2.05) is 0 Å². The Morgan fingerprint density at radius 1 is 1.18 bits per heavy atom. The average Bonchev–Trinajstić information content (AvgIpc) is 2.84. The lowest BCUT2D eigenvalue weighted by molar-refractivity contribution is -0.202. The molecule has 4 aliphatic carbocycles. The van der Waals surface area contributed by atoms with Gasteiger partial charge in [0.25, 0.3) is 0 Å². The van der Waals surface area contributed by atoms with Crippen LogP contribution < -0.4 is 0 Å². The molecule has 4 rings (SSSR count). The summed E-state index contributed by atoms with van der Waals surface area (Å²) in [4.78, 5) is 24.5. The largest absolute Gasteiger partial charge is 0.469 e. The average molecular weight is 391 g/mol. The fourth-order valence-corrected chi connectivity index (χ4v) is 8.11. The minimum atomic E-state index is -0.549. The predicted molar refractivity (Wildman–Crippen MR) is 104 cm³/mol. The minimum Gasteiger partial charge on any atom is -0.469 e. The molecule has 0 saturated heterocycles. The van der Waals surface area contributed by atoms with Crippen LogP contribution in [0.1, 0.15) is 65.7 Å². The smallest absolute Gasteiger partial charge is 0.311 e. The maximum atomic E-state index is 12.8. The van der Waals surface area contributed by atoms with Crippen molar-refractivity contribution in [2.45, 2.75) is 77.9 Å². The molecule has 0 amide bonds. The lowest BCUT2D eigenvalue weighted by Gasteiger charge is -2.64. The van der Waals surface area contributed by atoms with Crippen LogP contribution in [0.3, 0.4) is 0 Å². The van der Waals surface area contributed by atoms with Crippen LogP contribution in [0.4, 0.5) is 0 Å². The van der Waals surface area contributed by atoms with Crippen LogP contribution >= 0.6 is 0 Å². The molecule has 0 heterocycles. The second-order valence-electron chi connectivity index (χ2n) is 10.3. The van der Waals surface area contributed by atoms with Crippen molar-refractivity contribution in [2.24, 2.45) is 34.0 Å². The molecule has 4 saturated carbocycles. The SMILES string of the molecule is C=C1[C@H]2C[C@@]3(CC[C@H]4[C@@](C)(CCC[C@@]4(C)C(=O)OC)[C@@H]3C[C@@H]2OC(C)=O)[C@H]1O. The second kappa shape index (κ2) is 6.32. The molecule has 0 aliphatic heterocycles. The zero-order valence-electron chi connectivity index (χ0n) is 17.6. The summed E-state index contributed by atoms with van der Waals surface area (Å²) in [5.74, 6) is 0.0874. The maximum absolute atomic E-state index is 12.8. The highest BCUT2D eigenvalue weighted by Gasteiger charge is 2.69. The van der Waals surface area contributed by atoms with Crippen molar-refractivity contribution in [3.8, 4) is 0 Å². The molecule has 4 aliphatic rings. The van der Waals surface area contributed by atoms with Gasteiger partial charge in [0.2, 0.25) is 0 Å². The highest BCUT2D eigenvalue weighted by Crippen LogP contribution is 2.72. The number of carbonyl (C=O) groups excluding carboxylic acids is 2. The Balaban J connectivity index is 1.76. The van der Waals surface area contributed by atoms with Gasteiger partial charge < -0.3 is 14.6 Å².